The molecule has 0 N–H and O–H groups in total. The van der Waals surface area contributed by atoms with Gasteiger partial charge in [-0.3, -0.25) is 0 Å². The molecule has 0 fully saturated rings. The third-order valence-corrected chi connectivity index (χ3v) is 8.69. The van der Waals surface area contributed by atoms with Crippen molar-refractivity contribution >= 4 is 43.6 Å². The summed E-state index contributed by atoms with van der Waals surface area (Å²) in [6.07, 6.45) is 0. The zero-order chi connectivity index (χ0) is 29.0. The SMILES string of the molecule is c1ccc(-c2cc(-n3c4ccccc4c4ccc5c6ccccc6n(-c6ccccc6)c5c43)cc(-c3ccccc3)n2)cc1. The smallest absolute Gasteiger partial charge is 0.0788 e. The van der Waals surface area contributed by atoms with Crippen molar-refractivity contribution in [3.8, 4) is 33.9 Å². The van der Waals surface area contributed by atoms with Crippen molar-refractivity contribution in [1.29, 1.82) is 0 Å². The van der Waals surface area contributed by atoms with Crippen LogP contribution < -0.4 is 0 Å². The van der Waals surface area contributed by atoms with Crippen LogP contribution in [0.3, 0.4) is 0 Å². The zero-order valence-corrected chi connectivity index (χ0v) is 23.9. The number of para-hydroxylation sites is 3. The number of pyridine rings is 1. The second kappa shape index (κ2) is 9.82. The van der Waals surface area contributed by atoms with E-state index >= 15 is 0 Å². The Kier molecular flexibility index (Phi) is 5.50. The first-order valence-corrected chi connectivity index (χ1v) is 15.0. The molecule has 3 nitrogen and oxygen atoms in total. The van der Waals surface area contributed by atoms with E-state index in [2.05, 4.69) is 173 Å². The van der Waals surface area contributed by atoms with Gasteiger partial charge in [0.2, 0.25) is 0 Å². The van der Waals surface area contributed by atoms with E-state index in [1.54, 1.807) is 0 Å². The van der Waals surface area contributed by atoms with Crippen molar-refractivity contribution in [1.82, 2.24) is 14.1 Å². The molecule has 206 valence electrons. The van der Waals surface area contributed by atoms with Crippen molar-refractivity contribution in [3.05, 3.63) is 164 Å². The summed E-state index contributed by atoms with van der Waals surface area (Å²) in [6, 6.07) is 58.3. The Morgan fingerprint density at radius 1 is 0.341 bits per heavy atom. The molecule has 0 saturated heterocycles. The second-order valence-electron chi connectivity index (χ2n) is 11.2. The molecular weight excluding hydrogens is 534 g/mol. The van der Waals surface area contributed by atoms with E-state index in [9.17, 15) is 0 Å². The molecule has 3 heteroatoms. The third-order valence-electron chi connectivity index (χ3n) is 8.69. The van der Waals surface area contributed by atoms with Crippen LogP contribution in [0.5, 0.6) is 0 Å². The average molecular weight is 562 g/mol. The van der Waals surface area contributed by atoms with Crippen molar-refractivity contribution in [3.63, 3.8) is 0 Å². The van der Waals surface area contributed by atoms with E-state index in [0.29, 0.717) is 0 Å². The number of fused-ring (bicyclic) bond motifs is 7. The number of nitrogens with zero attached hydrogens (tertiary/aromatic N) is 3. The molecule has 3 aromatic heterocycles. The molecule has 0 saturated carbocycles. The van der Waals surface area contributed by atoms with E-state index in [-0.39, 0.29) is 0 Å². The van der Waals surface area contributed by atoms with Gasteiger partial charge in [-0.1, -0.05) is 127 Å². The Hall–Kier alpha value is -5.93. The maximum atomic E-state index is 5.19. The Bertz CT molecular complexity index is 2410. The summed E-state index contributed by atoms with van der Waals surface area (Å²) >= 11 is 0. The number of aromatic nitrogens is 3. The Balaban J connectivity index is 1.48. The highest BCUT2D eigenvalue weighted by molar-refractivity contribution is 6.23. The molecule has 3 heterocycles. The number of hydrogen-bond acceptors (Lipinski definition) is 1. The van der Waals surface area contributed by atoms with Crippen LogP contribution in [0.4, 0.5) is 0 Å². The topological polar surface area (TPSA) is 22.8 Å². The molecule has 44 heavy (non-hydrogen) atoms. The van der Waals surface area contributed by atoms with Gasteiger partial charge in [0.1, 0.15) is 0 Å². The maximum Gasteiger partial charge on any atom is 0.0788 e. The molecule has 9 rings (SSSR count). The molecular formula is C41H27N3. The lowest BCUT2D eigenvalue weighted by Gasteiger charge is -2.15. The van der Waals surface area contributed by atoms with Gasteiger partial charge >= 0.3 is 0 Å². The van der Waals surface area contributed by atoms with E-state index < -0.39 is 0 Å². The van der Waals surface area contributed by atoms with E-state index in [0.717, 1.165) is 33.9 Å². The summed E-state index contributed by atoms with van der Waals surface area (Å²) in [7, 11) is 0. The highest BCUT2D eigenvalue weighted by Gasteiger charge is 2.21. The third kappa shape index (κ3) is 3.73. The molecule has 0 aliphatic heterocycles. The standard InChI is InChI=1S/C41H27N3/c1-4-14-28(15-5-1)36-26-31(27-37(42-36)29-16-6-2-7-17-29)44-39-23-13-11-21-33(39)35-25-24-34-32-20-10-12-22-38(32)43(40(34)41(35)44)30-18-8-3-9-19-30/h1-27H. The van der Waals surface area contributed by atoms with Crippen LogP contribution in [0.15, 0.2) is 164 Å². The van der Waals surface area contributed by atoms with Crippen LogP contribution in [0, 0.1) is 0 Å². The predicted molar refractivity (Wildman–Crippen MR) is 184 cm³/mol. The fraction of sp³-hybridized carbons (Fsp3) is 0. The van der Waals surface area contributed by atoms with Gasteiger partial charge in [-0.25, -0.2) is 4.98 Å². The summed E-state index contributed by atoms with van der Waals surface area (Å²) in [6.45, 7) is 0. The molecule has 0 spiro atoms. The Labute approximate surface area is 254 Å². The summed E-state index contributed by atoms with van der Waals surface area (Å²) < 4.78 is 4.88. The van der Waals surface area contributed by atoms with Gasteiger partial charge in [0.25, 0.3) is 0 Å². The van der Waals surface area contributed by atoms with E-state index in [1.165, 1.54) is 43.6 Å². The molecule has 0 aliphatic rings. The predicted octanol–water partition coefficient (Wildman–Crippen LogP) is 10.6. The highest BCUT2D eigenvalue weighted by Crippen LogP contribution is 2.42. The van der Waals surface area contributed by atoms with Crippen LogP contribution in [0.1, 0.15) is 0 Å². The lowest BCUT2D eigenvalue weighted by Crippen LogP contribution is -2.00. The normalized spacial score (nSPS) is 11.6. The first kappa shape index (κ1) is 24.6. The van der Waals surface area contributed by atoms with Crippen LogP contribution >= 0.6 is 0 Å². The molecule has 0 unspecified atom stereocenters. The van der Waals surface area contributed by atoms with Crippen LogP contribution in [-0.2, 0) is 0 Å². The summed E-state index contributed by atoms with van der Waals surface area (Å²) in [5.74, 6) is 0. The molecule has 0 bridgehead atoms. The van der Waals surface area contributed by atoms with Gasteiger partial charge in [0, 0.05) is 38.4 Å². The van der Waals surface area contributed by atoms with Crippen molar-refractivity contribution < 1.29 is 0 Å². The maximum absolute atomic E-state index is 5.19. The second-order valence-corrected chi connectivity index (χ2v) is 11.2. The molecule has 0 aliphatic carbocycles. The van der Waals surface area contributed by atoms with Gasteiger partial charge in [0.15, 0.2) is 0 Å². The minimum absolute atomic E-state index is 0.948. The van der Waals surface area contributed by atoms with Gasteiger partial charge in [0.05, 0.1) is 39.1 Å². The molecule has 0 radical (unpaired) electrons. The fourth-order valence-electron chi connectivity index (χ4n) is 6.77. The van der Waals surface area contributed by atoms with Crippen molar-refractivity contribution in [2.45, 2.75) is 0 Å². The fourth-order valence-corrected chi connectivity index (χ4v) is 6.77. The van der Waals surface area contributed by atoms with Gasteiger partial charge in [-0.2, -0.15) is 0 Å². The zero-order valence-electron chi connectivity index (χ0n) is 23.9. The van der Waals surface area contributed by atoms with Crippen LogP contribution in [0.25, 0.3) is 77.5 Å². The monoisotopic (exact) mass is 561 g/mol. The minimum atomic E-state index is 0.948. The Morgan fingerprint density at radius 2 is 0.750 bits per heavy atom. The Morgan fingerprint density at radius 3 is 1.25 bits per heavy atom. The number of rotatable bonds is 4. The molecule has 0 amide bonds. The number of benzene rings is 6. The van der Waals surface area contributed by atoms with Crippen molar-refractivity contribution in [2.24, 2.45) is 0 Å². The minimum Gasteiger partial charge on any atom is -0.307 e. The lowest BCUT2D eigenvalue weighted by atomic mass is 10.1. The largest absolute Gasteiger partial charge is 0.307 e. The number of hydrogen-bond donors (Lipinski definition) is 0. The van der Waals surface area contributed by atoms with E-state index in [4.69, 9.17) is 4.98 Å². The lowest BCUT2D eigenvalue weighted by molar-refractivity contribution is 1.14. The van der Waals surface area contributed by atoms with Crippen molar-refractivity contribution in [2.75, 3.05) is 0 Å². The van der Waals surface area contributed by atoms with Gasteiger partial charge in [-0.15, -0.1) is 0 Å². The van der Waals surface area contributed by atoms with Gasteiger partial charge < -0.3 is 9.13 Å². The summed E-state index contributed by atoms with van der Waals surface area (Å²) in [5, 5.41) is 4.94. The first-order chi connectivity index (χ1) is 21.8. The summed E-state index contributed by atoms with van der Waals surface area (Å²) in [4.78, 5) is 5.19. The molecule has 0 atom stereocenters. The van der Waals surface area contributed by atoms with Crippen LogP contribution in [-0.4, -0.2) is 14.1 Å². The van der Waals surface area contributed by atoms with Gasteiger partial charge in [-0.05, 0) is 36.4 Å². The molecule has 9 aromatic rings. The van der Waals surface area contributed by atoms with Crippen LogP contribution in [0.2, 0.25) is 0 Å². The average Bonchev–Trinajstić information content (AvgIpc) is 3.62. The summed E-state index contributed by atoms with van der Waals surface area (Å²) in [5.41, 5.74) is 11.1. The highest BCUT2D eigenvalue weighted by atomic mass is 15.0. The quantitative estimate of drug-likeness (QED) is 0.210. The van der Waals surface area contributed by atoms with E-state index in [1.807, 2.05) is 0 Å². The molecule has 6 aromatic carbocycles. The first-order valence-electron chi connectivity index (χ1n) is 15.0.